The number of aliphatic hydroxyl groups is 1. The third kappa shape index (κ3) is 7.98. The monoisotopic (exact) mass is 176 g/mol. The quantitative estimate of drug-likeness (QED) is 0.565. The Morgan fingerprint density at radius 2 is 1.42 bits per heavy atom. The second kappa shape index (κ2) is 8.97. The molecule has 0 aromatic heterocycles. The molecular formula is C9H20O3. The van der Waals surface area contributed by atoms with Crippen molar-refractivity contribution < 1.29 is 14.6 Å². The molecule has 0 aliphatic carbocycles. The molecule has 0 amide bonds. The van der Waals surface area contributed by atoms with E-state index in [2.05, 4.69) is 0 Å². The Bertz CT molecular complexity index is 75.8. The van der Waals surface area contributed by atoms with Crippen molar-refractivity contribution >= 4 is 0 Å². The molecule has 0 saturated carbocycles. The van der Waals surface area contributed by atoms with Gasteiger partial charge in [-0.25, -0.2) is 0 Å². The first-order valence-electron chi connectivity index (χ1n) is 4.64. The molecule has 0 radical (unpaired) electrons. The summed E-state index contributed by atoms with van der Waals surface area (Å²) >= 11 is 0. The van der Waals surface area contributed by atoms with Gasteiger partial charge in [-0.05, 0) is 26.7 Å². The molecule has 3 nitrogen and oxygen atoms in total. The van der Waals surface area contributed by atoms with Crippen LogP contribution in [0.25, 0.3) is 0 Å². The van der Waals surface area contributed by atoms with Crippen molar-refractivity contribution in [2.75, 3.05) is 26.4 Å². The van der Waals surface area contributed by atoms with E-state index in [0.29, 0.717) is 26.1 Å². The lowest BCUT2D eigenvalue weighted by Gasteiger charge is -2.09. The fourth-order valence-electron chi connectivity index (χ4n) is 0.872. The second-order valence-electron chi connectivity index (χ2n) is 2.63. The zero-order valence-electron chi connectivity index (χ0n) is 8.08. The van der Waals surface area contributed by atoms with Crippen LogP contribution in [0.5, 0.6) is 0 Å². The minimum atomic E-state index is -0.275. The van der Waals surface area contributed by atoms with Crippen molar-refractivity contribution in [3.05, 3.63) is 0 Å². The van der Waals surface area contributed by atoms with Crippen LogP contribution >= 0.6 is 0 Å². The largest absolute Gasteiger partial charge is 0.393 e. The maximum Gasteiger partial charge on any atom is 0.0584 e. The van der Waals surface area contributed by atoms with Gasteiger partial charge < -0.3 is 14.6 Å². The number of hydrogen-bond acceptors (Lipinski definition) is 3. The van der Waals surface area contributed by atoms with E-state index in [4.69, 9.17) is 9.47 Å². The smallest absolute Gasteiger partial charge is 0.0584 e. The van der Waals surface area contributed by atoms with Crippen molar-refractivity contribution in [2.45, 2.75) is 32.8 Å². The van der Waals surface area contributed by atoms with Gasteiger partial charge in [-0.15, -0.1) is 0 Å². The Balaban J connectivity index is 3.04. The van der Waals surface area contributed by atoms with Gasteiger partial charge >= 0.3 is 0 Å². The summed E-state index contributed by atoms with van der Waals surface area (Å²) in [6.45, 7) is 6.63. The highest BCUT2D eigenvalue weighted by molar-refractivity contribution is 4.53. The molecule has 0 bridgehead atoms. The molecule has 74 valence electrons. The van der Waals surface area contributed by atoms with E-state index in [0.717, 1.165) is 13.2 Å². The molecule has 12 heavy (non-hydrogen) atoms. The van der Waals surface area contributed by atoms with Gasteiger partial charge in [0.15, 0.2) is 0 Å². The van der Waals surface area contributed by atoms with Gasteiger partial charge in [0.25, 0.3) is 0 Å². The van der Waals surface area contributed by atoms with Crippen LogP contribution in [0.4, 0.5) is 0 Å². The van der Waals surface area contributed by atoms with E-state index in [1.807, 2.05) is 13.8 Å². The fraction of sp³-hybridized carbons (Fsp3) is 1.00. The van der Waals surface area contributed by atoms with Crippen LogP contribution in [0.15, 0.2) is 0 Å². The number of aliphatic hydroxyl groups excluding tert-OH is 1. The lowest BCUT2D eigenvalue weighted by Crippen LogP contribution is -2.13. The maximum atomic E-state index is 9.34. The SMILES string of the molecule is CCOCCC(O)CCOCC. The Labute approximate surface area is 74.7 Å². The topological polar surface area (TPSA) is 38.7 Å². The van der Waals surface area contributed by atoms with Crippen molar-refractivity contribution in [1.29, 1.82) is 0 Å². The third-order valence-corrected chi connectivity index (χ3v) is 1.60. The molecule has 0 rings (SSSR count). The van der Waals surface area contributed by atoms with Gasteiger partial charge in [0.2, 0.25) is 0 Å². The Morgan fingerprint density at radius 3 is 1.75 bits per heavy atom. The summed E-state index contributed by atoms with van der Waals surface area (Å²) in [6.07, 6.45) is 1.14. The summed E-state index contributed by atoms with van der Waals surface area (Å²) in [5.74, 6) is 0. The Kier molecular flexibility index (Phi) is 8.88. The molecule has 0 unspecified atom stereocenters. The summed E-state index contributed by atoms with van der Waals surface area (Å²) in [4.78, 5) is 0. The minimum Gasteiger partial charge on any atom is -0.393 e. The number of ether oxygens (including phenoxy) is 2. The second-order valence-corrected chi connectivity index (χ2v) is 2.63. The molecule has 0 heterocycles. The highest BCUT2D eigenvalue weighted by Crippen LogP contribution is 1.98. The average molecular weight is 176 g/mol. The van der Waals surface area contributed by atoms with Gasteiger partial charge in [0.05, 0.1) is 6.10 Å². The predicted molar refractivity (Wildman–Crippen MR) is 48.2 cm³/mol. The van der Waals surface area contributed by atoms with Gasteiger partial charge in [-0.1, -0.05) is 0 Å². The van der Waals surface area contributed by atoms with E-state index in [1.54, 1.807) is 0 Å². The number of hydrogen-bond donors (Lipinski definition) is 1. The van der Waals surface area contributed by atoms with Crippen molar-refractivity contribution in [1.82, 2.24) is 0 Å². The molecule has 0 saturated heterocycles. The average Bonchev–Trinajstić information content (AvgIpc) is 2.06. The summed E-state index contributed by atoms with van der Waals surface area (Å²) in [5, 5.41) is 9.34. The standard InChI is InChI=1S/C9H20O3/c1-3-11-7-5-9(10)6-8-12-4-2/h9-10H,3-8H2,1-2H3. The Hall–Kier alpha value is -0.120. The van der Waals surface area contributed by atoms with Gasteiger partial charge in [0, 0.05) is 26.4 Å². The molecule has 3 heteroatoms. The van der Waals surface area contributed by atoms with E-state index in [-0.39, 0.29) is 6.10 Å². The first kappa shape index (κ1) is 11.9. The first-order chi connectivity index (χ1) is 5.81. The first-order valence-corrected chi connectivity index (χ1v) is 4.64. The Morgan fingerprint density at radius 1 is 1.00 bits per heavy atom. The molecule has 0 spiro atoms. The molecule has 0 fully saturated rings. The van der Waals surface area contributed by atoms with Crippen LogP contribution in [0, 0.1) is 0 Å². The summed E-state index contributed by atoms with van der Waals surface area (Å²) in [7, 11) is 0. The molecule has 0 aliphatic heterocycles. The molecule has 0 aromatic carbocycles. The van der Waals surface area contributed by atoms with E-state index >= 15 is 0 Å². The molecule has 0 atom stereocenters. The van der Waals surface area contributed by atoms with Gasteiger partial charge in [-0.3, -0.25) is 0 Å². The molecular weight excluding hydrogens is 156 g/mol. The lowest BCUT2D eigenvalue weighted by atomic mass is 10.2. The highest BCUT2D eigenvalue weighted by Gasteiger charge is 2.02. The fourth-order valence-corrected chi connectivity index (χ4v) is 0.872. The van der Waals surface area contributed by atoms with E-state index in [1.165, 1.54) is 0 Å². The zero-order valence-corrected chi connectivity index (χ0v) is 8.08. The van der Waals surface area contributed by atoms with Crippen LogP contribution in [0.2, 0.25) is 0 Å². The summed E-state index contributed by atoms with van der Waals surface area (Å²) in [6, 6.07) is 0. The molecule has 1 N–H and O–H groups in total. The normalized spacial score (nSPS) is 11.0. The number of rotatable bonds is 8. The minimum absolute atomic E-state index is 0.275. The van der Waals surface area contributed by atoms with Gasteiger partial charge in [0.1, 0.15) is 0 Å². The highest BCUT2D eigenvalue weighted by atomic mass is 16.5. The van der Waals surface area contributed by atoms with Crippen LogP contribution in [0.1, 0.15) is 26.7 Å². The zero-order chi connectivity index (χ0) is 9.23. The predicted octanol–water partition coefficient (Wildman–Crippen LogP) is 1.20. The van der Waals surface area contributed by atoms with E-state index in [9.17, 15) is 5.11 Å². The van der Waals surface area contributed by atoms with Crippen molar-refractivity contribution in [2.24, 2.45) is 0 Å². The third-order valence-electron chi connectivity index (χ3n) is 1.60. The van der Waals surface area contributed by atoms with Crippen molar-refractivity contribution in [3.8, 4) is 0 Å². The molecule has 0 aromatic rings. The molecule has 0 aliphatic rings. The van der Waals surface area contributed by atoms with Crippen LogP contribution in [0.3, 0.4) is 0 Å². The lowest BCUT2D eigenvalue weighted by molar-refractivity contribution is 0.0569. The van der Waals surface area contributed by atoms with Crippen LogP contribution in [-0.4, -0.2) is 37.6 Å². The van der Waals surface area contributed by atoms with Gasteiger partial charge in [-0.2, -0.15) is 0 Å². The summed E-state index contributed by atoms with van der Waals surface area (Å²) in [5.41, 5.74) is 0. The summed E-state index contributed by atoms with van der Waals surface area (Å²) < 4.78 is 10.2. The van der Waals surface area contributed by atoms with E-state index < -0.39 is 0 Å². The van der Waals surface area contributed by atoms with Crippen molar-refractivity contribution in [3.63, 3.8) is 0 Å². The maximum absolute atomic E-state index is 9.34. The van der Waals surface area contributed by atoms with Crippen LogP contribution < -0.4 is 0 Å². The van der Waals surface area contributed by atoms with Crippen LogP contribution in [-0.2, 0) is 9.47 Å².